The lowest BCUT2D eigenvalue weighted by atomic mass is 10.0. The number of nitrogens with zero attached hydrogens (tertiary/aromatic N) is 3. The third-order valence-corrected chi connectivity index (χ3v) is 4.72. The molecule has 1 aliphatic rings. The van der Waals surface area contributed by atoms with Crippen molar-refractivity contribution in [1.29, 1.82) is 0 Å². The molecule has 114 valence electrons. The molecule has 4 nitrogen and oxygen atoms in total. The van der Waals surface area contributed by atoms with Crippen LogP contribution in [0.1, 0.15) is 50.4 Å². The van der Waals surface area contributed by atoms with E-state index in [9.17, 15) is 5.11 Å². The Morgan fingerprint density at radius 2 is 2.15 bits per heavy atom. The van der Waals surface area contributed by atoms with E-state index in [1.165, 1.54) is 25.7 Å². The number of aromatic nitrogens is 2. The zero-order valence-corrected chi connectivity index (χ0v) is 13.5. The first-order chi connectivity index (χ1) is 9.49. The minimum Gasteiger partial charge on any atom is -0.393 e. The third-order valence-electron chi connectivity index (χ3n) is 4.23. The maximum absolute atomic E-state index is 9.72. The first kappa shape index (κ1) is 15.8. The van der Waals surface area contributed by atoms with Gasteiger partial charge in [-0.25, -0.2) is 0 Å². The standard InChI is InChI=1S/C15H26ClN3O/c1-11(20)9-13-7-5-4-6-8-19(13)10-14-15(16)12(2)17-18(14)3/h11,13,20H,4-10H2,1-3H3. The number of halogens is 1. The molecule has 1 aromatic heterocycles. The molecule has 1 aliphatic heterocycles. The number of aliphatic hydroxyl groups excluding tert-OH is 1. The van der Waals surface area contributed by atoms with Crippen molar-refractivity contribution in [2.45, 2.75) is 64.6 Å². The Hall–Kier alpha value is -0.580. The SMILES string of the molecule is Cc1nn(C)c(CN2CCCCCC2CC(C)O)c1Cl. The van der Waals surface area contributed by atoms with Crippen LogP contribution in [0.25, 0.3) is 0 Å². The molecule has 2 atom stereocenters. The molecule has 0 saturated carbocycles. The van der Waals surface area contributed by atoms with Crippen LogP contribution in [-0.2, 0) is 13.6 Å². The number of rotatable bonds is 4. The van der Waals surface area contributed by atoms with Gasteiger partial charge in [0, 0.05) is 19.6 Å². The lowest BCUT2D eigenvalue weighted by Crippen LogP contribution is -2.37. The average Bonchev–Trinajstić information content (AvgIpc) is 2.56. The lowest BCUT2D eigenvalue weighted by molar-refractivity contribution is 0.106. The molecule has 0 bridgehead atoms. The fourth-order valence-corrected chi connectivity index (χ4v) is 3.37. The van der Waals surface area contributed by atoms with E-state index in [-0.39, 0.29) is 6.10 Å². The molecule has 0 amide bonds. The summed E-state index contributed by atoms with van der Waals surface area (Å²) in [5, 5.41) is 14.9. The van der Waals surface area contributed by atoms with Gasteiger partial charge < -0.3 is 5.11 Å². The number of hydrogen-bond donors (Lipinski definition) is 1. The summed E-state index contributed by atoms with van der Waals surface area (Å²) in [5.41, 5.74) is 1.98. The van der Waals surface area contributed by atoms with Crippen molar-refractivity contribution in [3.05, 3.63) is 16.4 Å². The normalized spacial score (nSPS) is 22.8. The molecule has 2 unspecified atom stereocenters. The van der Waals surface area contributed by atoms with Gasteiger partial charge in [-0.2, -0.15) is 5.10 Å². The molecule has 2 rings (SSSR count). The fourth-order valence-electron chi connectivity index (χ4n) is 3.15. The van der Waals surface area contributed by atoms with Crippen LogP contribution in [0.2, 0.25) is 5.02 Å². The molecule has 0 spiro atoms. The monoisotopic (exact) mass is 299 g/mol. The zero-order chi connectivity index (χ0) is 14.7. The van der Waals surface area contributed by atoms with E-state index in [4.69, 9.17) is 11.6 Å². The second-order valence-electron chi connectivity index (χ2n) is 6.03. The summed E-state index contributed by atoms with van der Waals surface area (Å²) in [6, 6.07) is 0.448. The van der Waals surface area contributed by atoms with Crippen molar-refractivity contribution in [1.82, 2.24) is 14.7 Å². The predicted molar refractivity (Wildman–Crippen MR) is 81.9 cm³/mol. The van der Waals surface area contributed by atoms with Crippen molar-refractivity contribution in [3.8, 4) is 0 Å². The Kier molecular flexibility index (Phi) is 5.47. The van der Waals surface area contributed by atoms with Crippen molar-refractivity contribution in [2.75, 3.05) is 6.54 Å². The summed E-state index contributed by atoms with van der Waals surface area (Å²) < 4.78 is 1.89. The summed E-state index contributed by atoms with van der Waals surface area (Å²) in [6.07, 6.45) is 5.53. The molecule has 1 N–H and O–H groups in total. The number of likely N-dealkylation sites (tertiary alicyclic amines) is 1. The molecular weight excluding hydrogens is 274 g/mol. The highest BCUT2D eigenvalue weighted by atomic mass is 35.5. The van der Waals surface area contributed by atoms with Gasteiger partial charge in [0.1, 0.15) is 0 Å². The van der Waals surface area contributed by atoms with Crippen LogP contribution < -0.4 is 0 Å². The Balaban J connectivity index is 2.14. The predicted octanol–water partition coefficient (Wildman–Crippen LogP) is 2.90. The lowest BCUT2D eigenvalue weighted by Gasteiger charge is -2.30. The first-order valence-electron chi connectivity index (χ1n) is 7.59. The van der Waals surface area contributed by atoms with Gasteiger partial charge in [0.25, 0.3) is 0 Å². The molecule has 2 heterocycles. The molecule has 0 aromatic carbocycles. The fraction of sp³-hybridized carbons (Fsp3) is 0.800. The van der Waals surface area contributed by atoms with Crippen LogP contribution in [0.5, 0.6) is 0 Å². The van der Waals surface area contributed by atoms with Crippen molar-refractivity contribution < 1.29 is 5.11 Å². The molecule has 0 radical (unpaired) electrons. The van der Waals surface area contributed by atoms with Crippen LogP contribution in [0.4, 0.5) is 0 Å². The Labute approximate surface area is 126 Å². The highest BCUT2D eigenvalue weighted by Crippen LogP contribution is 2.26. The highest BCUT2D eigenvalue weighted by Gasteiger charge is 2.24. The Bertz CT molecular complexity index is 445. The van der Waals surface area contributed by atoms with Gasteiger partial charge in [-0.1, -0.05) is 24.4 Å². The van der Waals surface area contributed by atoms with Crippen molar-refractivity contribution in [3.63, 3.8) is 0 Å². The molecule has 20 heavy (non-hydrogen) atoms. The van der Waals surface area contributed by atoms with Gasteiger partial charge in [-0.05, 0) is 39.7 Å². The Morgan fingerprint density at radius 3 is 2.75 bits per heavy atom. The van der Waals surface area contributed by atoms with Crippen LogP contribution in [-0.4, -0.2) is 38.5 Å². The summed E-state index contributed by atoms with van der Waals surface area (Å²) in [7, 11) is 1.95. The smallest absolute Gasteiger partial charge is 0.0860 e. The number of aliphatic hydroxyl groups is 1. The van der Waals surface area contributed by atoms with Crippen LogP contribution >= 0.6 is 11.6 Å². The quantitative estimate of drug-likeness (QED) is 0.929. The maximum atomic E-state index is 9.72. The summed E-state index contributed by atoms with van der Waals surface area (Å²) in [4.78, 5) is 2.47. The van der Waals surface area contributed by atoms with Crippen molar-refractivity contribution >= 4 is 11.6 Å². The second-order valence-corrected chi connectivity index (χ2v) is 6.41. The number of aryl methyl sites for hydroxylation is 2. The molecule has 1 aromatic rings. The van der Waals surface area contributed by atoms with E-state index >= 15 is 0 Å². The number of hydrogen-bond acceptors (Lipinski definition) is 3. The van der Waals surface area contributed by atoms with E-state index < -0.39 is 0 Å². The van der Waals surface area contributed by atoms with Crippen LogP contribution in [0.3, 0.4) is 0 Å². The maximum Gasteiger partial charge on any atom is 0.0860 e. The van der Waals surface area contributed by atoms with E-state index in [0.717, 1.165) is 35.9 Å². The zero-order valence-electron chi connectivity index (χ0n) is 12.8. The van der Waals surface area contributed by atoms with Gasteiger partial charge in [-0.3, -0.25) is 9.58 Å². The minimum absolute atomic E-state index is 0.246. The van der Waals surface area contributed by atoms with Crippen LogP contribution in [0, 0.1) is 6.92 Å². The molecular formula is C15H26ClN3O. The molecule has 0 aliphatic carbocycles. The van der Waals surface area contributed by atoms with Gasteiger partial charge in [0.15, 0.2) is 0 Å². The van der Waals surface area contributed by atoms with Gasteiger partial charge in [-0.15, -0.1) is 0 Å². The minimum atomic E-state index is -0.246. The van der Waals surface area contributed by atoms with Crippen molar-refractivity contribution in [2.24, 2.45) is 7.05 Å². The van der Waals surface area contributed by atoms with E-state index in [1.54, 1.807) is 0 Å². The van der Waals surface area contributed by atoms with E-state index in [1.807, 2.05) is 25.6 Å². The van der Waals surface area contributed by atoms with Gasteiger partial charge in [0.2, 0.25) is 0 Å². The van der Waals surface area contributed by atoms with Gasteiger partial charge in [0.05, 0.1) is 22.5 Å². The average molecular weight is 300 g/mol. The van der Waals surface area contributed by atoms with E-state index in [2.05, 4.69) is 10.00 Å². The molecule has 1 fully saturated rings. The topological polar surface area (TPSA) is 41.3 Å². The first-order valence-corrected chi connectivity index (χ1v) is 7.97. The van der Waals surface area contributed by atoms with E-state index in [0.29, 0.717) is 6.04 Å². The molecule has 5 heteroatoms. The van der Waals surface area contributed by atoms with Crippen LogP contribution in [0.15, 0.2) is 0 Å². The summed E-state index contributed by atoms with van der Waals surface area (Å²) >= 11 is 6.37. The second kappa shape index (κ2) is 6.92. The Morgan fingerprint density at radius 1 is 1.40 bits per heavy atom. The highest BCUT2D eigenvalue weighted by molar-refractivity contribution is 6.31. The van der Waals surface area contributed by atoms with Gasteiger partial charge >= 0.3 is 0 Å². The largest absolute Gasteiger partial charge is 0.393 e. The summed E-state index contributed by atoms with van der Waals surface area (Å²) in [5.74, 6) is 0. The molecule has 1 saturated heterocycles. The summed E-state index contributed by atoms with van der Waals surface area (Å²) in [6.45, 7) is 5.73. The third kappa shape index (κ3) is 3.74.